The number of aryl methyl sites for hydroxylation is 1. The van der Waals surface area contributed by atoms with Crippen molar-refractivity contribution in [1.82, 2.24) is 10.1 Å². The van der Waals surface area contributed by atoms with Crippen LogP contribution < -0.4 is 0 Å². The third kappa shape index (κ3) is 4.10. The van der Waals surface area contributed by atoms with Crippen LogP contribution in [0.4, 0.5) is 0 Å². The molecule has 4 nitrogen and oxygen atoms in total. The van der Waals surface area contributed by atoms with Gasteiger partial charge in [-0.3, -0.25) is 4.79 Å². The first-order chi connectivity index (χ1) is 11.7. The Labute approximate surface area is 141 Å². The highest BCUT2D eigenvalue weighted by Crippen LogP contribution is 2.12. The van der Waals surface area contributed by atoms with E-state index in [1.54, 1.807) is 6.07 Å². The van der Waals surface area contributed by atoms with Crippen molar-refractivity contribution in [2.75, 3.05) is 6.54 Å². The summed E-state index contributed by atoms with van der Waals surface area (Å²) in [4.78, 5) is 14.6. The van der Waals surface area contributed by atoms with Crippen molar-refractivity contribution in [3.63, 3.8) is 0 Å². The van der Waals surface area contributed by atoms with Gasteiger partial charge in [0.25, 0.3) is 5.91 Å². The fourth-order valence-electron chi connectivity index (χ4n) is 2.59. The molecule has 0 fully saturated rings. The van der Waals surface area contributed by atoms with Gasteiger partial charge in [0.2, 0.25) is 5.76 Å². The Morgan fingerprint density at radius 3 is 2.21 bits per heavy atom. The third-order valence-corrected chi connectivity index (χ3v) is 3.86. The van der Waals surface area contributed by atoms with Gasteiger partial charge >= 0.3 is 0 Å². The molecule has 0 aliphatic rings. The van der Waals surface area contributed by atoms with Crippen molar-refractivity contribution in [2.24, 2.45) is 0 Å². The quantitative estimate of drug-likeness (QED) is 0.692. The molecule has 0 N–H and O–H groups in total. The molecular weight excluding hydrogens is 300 g/mol. The van der Waals surface area contributed by atoms with Crippen molar-refractivity contribution >= 4 is 5.91 Å². The van der Waals surface area contributed by atoms with Crippen LogP contribution in [0, 0.1) is 6.92 Å². The second kappa shape index (κ2) is 7.59. The lowest BCUT2D eigenvalue weighted by Crippen LogP contribution is -2.32. The highest BCUT2D eigenvalue weighted by molar-refractivity contribution is 5.91. The molecule has 0 saturated heterocycles. The first-order valence-electron chi connectivity index (χ1n) is 8.03. The van der Waals surface area contributed by atoms with Crippen LogP contribution in [-0.4, -0.2) is 22.5 Å². The van der Waals surface area contributed by atoms with E-state index < -0.39 is 0 Å². The van der Waals surface area contributed by atoms with Crippen molar-refractivity contribution < 1.29 is 9.32 Å². The molecule has 122 valence electrons. The minimum Gasteiger partial charge on any atom is -0.351 e. The van der Waals surface area contributed by atoms with Gasteiger partial charge in [-0.2, -0.15) is 0 Å². The van der Waals surface area contributed by atoms with Crippen LogP contribution in [0.15, 0.2) is 71.3 Å². The summed E-state index contributed by atoms with van der Waals surface area (Å²) in [5.41, 5.74) is 3.01. The first kappa shape index (κ1) is 16.0. The van der Waals surface area contributed by atoms with Gasteiger partial charge in [-0.25, -0.2) is 0 Å². The molecular formula is C20H20N2O2. The number of carbonyl (C=O) groups is 1. The molecule has 0 spiro atoms. The van der Waals surface area contributed by atoms with Gasteiger partial charge in [0, 0.05) is 19.2 Å². The van der Waals surface area contributed by atoms with Gasteiger partial charge in [0.05, 0.1) is 5.69 Å². The first-order valence-corrected chi connectivity index (χ1v) is 8.03. The van der Waals surface area contributed by atoms with E-state index in [1.165, 1.54) is 5.56 Å². The van der Waals surface area contributed by atoms with Crippen LogP contribution in [-0.2, 0) is 13.0 Å². The number of benzene rings is 2. The highest BCUT2D eigenvalue weighted by atomic mass is 16.5. The lowest BCUT2D eigenvalue weighted by atomic mass is 10.1. The Kier molecular flexibility index (Phi) is 5.06. The largest absolute Gasteiger partial charge is 0.351 e. The van der Waals surface area contributed by atoms with E-state index in [-0.39, 0.29) is 11.7 Å². The monoisotopic (exact) mass is 320 g/mol. The predicted molar refractivity (Wildman–Crippen MR) is 92.6 cm³/mol. The maximum Gasteiger partial charge on any atom is 0.292 e. The van der Waals surface area contributed by atoms with Crippen LogP contribution in [0.3, 0.4) is 0 Å². The van der Waals surface area contributed by atoms with Crippen LogP contribution >= 0.6 is 0 Å². The SMILES string of the molecule is Cc1cc(C(=O)N(CCc2ccccc2)Cc2ccccc2)on1. The highest BCUT2D eigenvalue weighted by Gasteiger charge is 2.20. The zero-order valence-electron chi connectivity index (χ0n) is 13.7. The summed E-state index contributed by atoms with van der Waals surface area (Å²) in [6.45, 7) is 2.98. The Morgan fingerprint density at radius 2 is 1.62 bits per heavy atom. The number of nitrogens with zero attached hydrogens (tertiary/aromatic N) is 2. The van der Waals surface area contributed by atoms with E-state index in [0.29, 0.717) is 18.8 Å². The number of hydrogen-bond donors (Lipinski definition) is 0. The fraction of sp³-hybridized carbons (Fsp3) is 0.200. The summed E-state index contributed by atoms with van der Waals surface area (Å²) < 4.78 is 5.16. The number of rotatable bonds is 6. The zero-order valence-corrected chi connectivity index (χ0v) is 13.7. The molecule has 0 unspecified atom stereocenters. The standard InChI is InChI=1S/C20H20N2O2/c1-16-14-19(24-21-16)20(23)22(15-18-10-6-3-7-11-18)13-12-17-8-4-2-5-9-17/h2-11,14H,12-13,15H2,1H3. The Morgan fingerprint density at radius 1 is 1.00 bits per heavy atom. The smallest absolute Gasteiger partial charge is 0.292 e. The van der Waals surface area contributed by atoms with E-state index >= 15 is 0 Å². The summed E-state index contributed by atoms with van der Waals surface area (Å²) in [7, 11) is 0. The molecule has 1 amide bonds. The van der Waals surface area contributed by atoms with E-state index in [2.05, 4.69) is 17.3 Å². The molecule has 0 radical (unpaired) electrons. The molecule has 3 aromatic rings. The van der Waals surface area contributed by atoms with E-state index in [1.807, 2.05) is 60.4 Å². The second-order valence-electron chi connectivity index (χ2n) is 5.78. The average molecular weight is 320 g/mol. The molecule has 24 heavy (non-hydrogen) atoms. The Balaban J connectivity index is 1.76. The predicted octanol–water partition coefficient (Wildman–Crippen LogP) is 3.87. The molecule has 0 aliphatic heterocycles. The number of carbonyl (C=O) groups excluding carboxylic acids is 1. The van der Waals surface area contributed by atoms with Crippen LogP contribution in [0.1, 0.15) is 27.4 Å². The Bertz CT molecular complexity index is 782. The van der Waals surface area contributed by atoms with Crippen LogP contribution in [0.2, 0.25) is 0 Å². The lowest BCUT2D eigenvalue weighted by Gasteiger charge is -2.21. The maximum absolute atomic E-state index is 12.8. The summed E-state index contributed by atoms with van der Waals surface area (Å²) in [5.74, 6) is 0.159. The van der Waals surface area contributed by atoms with Crippen LogP contribution in [0.25, 0.3) is 0 Å². The minimum atomic E-state index is -0.129. The van der Waals surface area contributed by atoms with E-state index in [4.69, 9.17) is 4.52 Å². The summed E-state index contributed by atoms with van der Waals surface area (Å²) in [5, 5.41) is 3.82. The Hall–Kier alpha value is -2.88. The van der Waals surface area contributed by atoms with Gasteiger partial charge in [0.15, 0.2) is 0 Å². The molecule has 1 aromatic heterocycles. The molecule has 0 saturated carbocycles. The summed E-state index contributed by atoms with van der Waals surface area (Å²) in [6.07, 6.45) is 0.798. The zero-order chi connectivity index (χ0) is 16.8. The van der Waals surface area contributed by atoms with Gasteiger partial charge in [-0.1, -0.05) is 65.8 Å². The molecule has 1 heterocycles. The molecule has 0 aliphatic carbocycles. The molecule has 2 aromatic carbocycles. The van der Waals surface area contributed by atoms with Gasteiger partial charge in [-0.15, -0.1) is 0 Å². The van der Waals surface area contributed by atoms with E-state index in [9.17, 15) is 4.79 Å². The molecule has 4 heteroatoms. The van der Waals surface area contributed by atoms with Crippen molar-refractivity contribution in [2.45, 2.75) is 19.9 Å². The molecule has 3 rings (SSSR count). The summed E-state index contributed by atoms with van der Waals surface area (Å²) in [6, 6.07) is 21.8. The number of hydrogen-bond acceptors (Lipinski definition) is 3. The topological polar surface area (TPSA) is 46.3 Å². The van der Waals surface area contributed by atoms with Crippen molar-refractivity contribution in [3.8, 4) is 0 Å². The normalized spacial score (nSPS) is 10.5. The van der Waals surface area contributed by atoms with Gasteiger partial charge in [0.1, 0.15) is 0 Å². The molecule has 0 atom stereocenters. The van der Waals surface area contributed by atoms with E-state index in [0.717, 1.165) is 12.0 Å². The average Bonchev–Trinajstić information content (AvgIpc) is 3.06. The molecule has 0 bridgehead atoms. The second-order valence-corrected chi connectivity index (χ2v) is 5.78. The number of amides is 1. The van der Waals surface area contributed by atoms with Gasteiger partial charge < -0.3 is 9.42 Å². The fourth-order valence-corrected chi connectivity index (χ4v) is 2.59. The van der Waals surface area contributed by atoms with Crippen LogP contribution in [0.5, 0.6) is 0 Å². The summed E-state index contributed by atoms with van der Waals surface area (Å²) >= 11 is 0. The van der Waals surface area contributed by atoms with Crippen molar-refractivity contribution in [1.29, 1.82) is 0 Å². The number of aromatic nitrogens is 1. The van der Waals surface area contributed by atoms with Crippen molar-refractivity contribution in [3.05, 3.63) is 89.3 Å². The third-order valence-electron chi connectivity index (χ3n) is 3.86. The van der Waals surface area contributed by atoms with Gasteiger partial charge in [-0.05, 0) is 24.5 Å². The maximum atomic E-state index is 12.8. The minimum absolute atomic E-state index is 0.129. The lowest BCUT2D eigenvalue weighted by molar-refractivity contribution is 0.0703.